The topological polar surface area (TPSA) is 49.8 Å². The molecule has 100 valence electrons. The van der Waals surface area contributed by atoms with Gasteiger partial charge in [-0.15, -0.1) is 0 Å². The second kappa shape index (κ2) is 6.36. The van der Waals surface area contributed by atoms with Crippen molar-refractivity contribution in [1.29, 1.82) is 0 Å². The largest absolute Gasteiger partial charge is 0.480 e. The molecule has 0 bridgehead atoms. The van der Waals surface area contributed by atoms with Crippen LogP contribution in [0.2, 0.25) is 0 Å². The van der Waals surface area contributed by atoms with Crippen molar-refractivity contribution in [2.45, 2.75) is 45.1 Å². The summed E-state index contributed by atoms with van der Waals surface area (Å²) >= 11 is 0. The van der Waals surface area contributed by atoms with Gasteiger partial charge in [0.2, 0.25) is 0 Å². The lowest BCUT2D eigenvalue weighted by Crippen LogP contribution is -2.60. The number of carboxylic acids is 1. The smallest absolute Gasteiger partial charge is 0.324 e. The fourth-order valence-electron chi connectivity index (χ4n) is 3.09. The van der Waals surface area contributed by atoms with E-state index in [1.807, 2.05) is 6.92 Å². The van der Waals surface area contributed by atoms with Crippen molar-refractivity contribution < 1.29 is 14.6 Å². The van der Waals surface area contributed by atoms with E-state index in [1.54, 1.807) is 7.11 Å². The molecular weight excluding hydrogens is 218 g/mol. The van der Waals surface area contributed by atoms with Crippen LogP contribution in [0.25, 0.3) is 0 Å². The number of hydrogen-bond acceptors (Lipinski definition) is 3. The Morgan fingerprint density at radius 3 is 2.71 bits per heavy atom. The normalized spacial score (nSPS) is 29.5. The zero-order valence-corrected chi connectivity index (χ0v) is 11.2. The van der Waals surface area contributed by atoms with Gasteiger partial charge in [0.15, 0.2) is 0 Å². The molecule has 1 saturated carbocycles. The SMILES string of the molecule is CCN(CCOC)C1(C(=O)O)CCCCC1C. The van der Waals surface area contributed by atoms with Gasteiger partial charge in [-0.25, -0.2) is 0 Å². The van der Waals surface area contributed by atoms with Gasteiger partial charge in [-0.2, -0.15) is 0 Å². The molecule has 0 aromatic heterocycles. The first-order valence-electron chi connectivity index (χ1n) is 6.57. The Morgan fingerprint density at radius 1 is 1.53 bits per heavy atom. The lowest BCUT2D eigenvalue weighted by Gasteiger charge is -2.47. The molecule has 1 aliphatic carbocycles. The van der Waals surface area contributed by atoms with E-state index in [4.69, 9.17) is 4.74 Å². The van der Waals surface area contributed by atoms with E-state index in [-0.39, 0.29) is 5.92 Å². The summed E-state index contributed by atoms with van der Waals surface area (Å²) < 4.78 is 5.09. The number of ether oxygens (including phenoxy) is 1. The van der Waals surface area contributed by atoms with Crippen molar-refractivity contribution in [3.63, 3.8) is 0 Å². The fourth-order valence-corrected chi connectivity index (χ4v) is 3.09. The first-order chi connectivity index (χ1) is 8.09. The second-order valence-corrected chi connectivity index (χ2v) is 4.95. The van der Waals surface area contributed by atoms with E-state index in [1.165, 1.54) is 0 Å². The predicted octanol–water partition coefficient (Wildman–Crippen LogP) is 1.99. The summed E-state index contributed by atoms with van der Waals surface area (Å²) in [6, 6.07) is 0. The van der Waals surface area contributed by atoms with E-state index in [2.05, 4.69) is 11.8 Å². The third-order valence-electron chi connectivity index (χ3n) is 4.14. The third kappa shape index (κ3) is 2.80. The molecule has 2 unspecified atom stereocenters. The number of methoxy groups -OCH3 is 1. The van der Waals surface area contributed by atoms with Crippen LogP contribution >= 0.6 is 0 Å². The molecule has 0 heterocycles. The maximum atomic E-state index is 11.8. The van der Waals surface area contributed by atoms with Crippen molar-refractivity contribution in [2.24, 2.45) is 5.92 Å². The Labute approximate surface area is 104 Å². The Bertz CT molecular complexity index is 257. The molecule has 0 spiro atoms. The minimum absolute atomic E-state index is 0.213. The molecule has 1 fully saturated rings. The average molecular weight is 243 g/mol. The van der Waals surface area contributed by atoms with Gasteiger partial charge in [0.05, 0.1) is 6.61 Å². The van der Waals surface area contributed by atoms with Crippen molar-refractivity contribution >= 4 is 5.97 Å². The monoisotopic (exact) mass is 243 g/mol. The molecule has 0 radical (unpaired) electrons. The van der Waals surface area contributed by atoms with E-state index >= 15 is 0 Å². The maximum Gasteiger partial charge on any atom is 0.324 e. The molecule has 0 aromatic rings. The van der Waals surface area contributed by atoms with Crippen LogP contribution in [0.4, 0.5) is 0 Å². The van der Waals surface area contributed by atoms with Crippen LogP contribution in [0.3, 0.4) is 0 Å². The third-order valence-corrected chi connectivity index (χ3v) is 4.14. The van der Waals surface area contributed by atoms with Crippen LogP contribution in [-0.2, 0) is 9.53 Å². The molecule has 1 rings (SSSR count). The number of carbonyl (C=O) groups is 1. The standard InChI is InChI=1S/C13H25NO3/c1-4-14(9-10-17-3)13(12(15)16)8-6-5-7-11(13)2/h11H,4-10H2,1-3H3,(H,15,16). The number of rotatable bonds is 6. The Kier molecular flexibility index (Phi) is 5.40. The number of carboxylic acid groups (broad SMARTS) is 1. The first kappa shape index (κ1) is 14.5. The van der Waals surface area contributed by atoms with Crippen molar-refractivity contribution in [2.75, 3.05) is 26.8 Å². The number of nitrogens with zero attached hydrogens (tertiary/aromatic N) is 1. The van der Waals surface area contributed by atoms with Gasteiger partial charge in [-0.1, -0.05) is 26.7 Å². The number of likely N-dealkylation sites (N-methyl/N-ethyl adjacent to an activating group) is 1. The highest BCUT2D eigenvalue weighted by atomic mass is 16.5. The molecular formula is C13H25NO3. The van der Waals surface area contributed by atoms with E-state index in [0.717, 1.165) is 32.2 Å². The van der Waals surface area contributed by atoms with Gasteiger partial charge in [-0.05, 0) is 25.3 Å². The highest BCUT2D eigenvalue weighted by molar-refractivity contribution is 5.79. The van der Waals surface area contributed by atoms with Gasteiger partial charge < -0.3 is 9.84 Å². The molecule has 4 nitrogen and oxygen atoms in total. The molecule has 1 N–H and O–H groups in total. The van der Waals surface area contributed by atoms with Crippen LogP contribution in [0, 0.1) is 5.92 Å². The van der Waals surface area contributed by atoms with Gasteiger partial charge in [-0.3, -0.25) is 9.69 Å². The van der Waals surface area contributed by atoms with Crippen molar-refractivity contribution in [3.05, 3.63) is 0 Å². The zero-order valence-electron chi connectivity index (χ0n) is 11.2. The molecule has 0 saturated heterocycles. The van der Waals surface area contributed by atoms with E-state index < -0.39 is 11.5 Å². The maximum absolute atomic E-state index is 11.8. The molecule has 17 heavy (non-hydrogen) atoms. The van der Waals surface area contributed by atoms with Gasteiger partial charge in [0, 0.05) is 13.7 Å². The fraction of sp³-hybridized carbons (Fsp3) is 0.923. The highest BCUT2D eigenvalue weighted by Gasteiger charge is 2.48. The highest BCUT2D eigenvalue weighted by Crippen LogP contribution is 2.38. The summed E-state index contributed by atoms with van der Waals surface area (Å²) in [5, 5.41) is 9.68. The summed E-state index contributed by atoms with van der Waals surface area (Å²) in [5.74, 6) is -0.451. The predicted molar refractivity (Wildman–Crippen MR) is 67.1 cm³/mol. The summed E-state index contributed by atoms with van der Waals surface area (Å²) in [6.07, 6.45) is 3.94. The second-order valence-electron chi connectivity index (χ2n) is 4.95. The summed E-state index contributed by atoms with van der Waals surface area (Å²) in [7, 11) is 1.66. The van der Waals surface area contributed by atoms with E-state index in [0.29, 0.717) is 13.2 Å². The Morgan fingerprint density at radius 2 is 2.24 bits per heavy atom. The van der Waals surface area contributed by atoms with E-state index in [9.17, 15) is 9.90 Å². The molecule has 1 aliphatic rings. The molecule has 0 amide bonds. The average Bonchev–Trinajstić information content (AvgIpc) is 2.31. The van der Waals surface area contributed by atoms with Crippen LogP contribution in [-0.4, -0.2) is 48.3 Å². The summed E-state index contributed by atoms with van der Waals surface area (Å²) in [4.78, 5) is 13.9. The van der Waals surface area contributed by atoms with Crippen LogP contribution in [0.15, 0.2) is 0 Å². The molecule has 0 aliphatic heterocycles. The molecule has 0 aromatic carbocycles. The van der Waals surface area contributed by atoms with Gasteiger partial charge in [0.25, 0.3) is 0 Å². The summed E-state index contributed by atoms with van der Waals surface area (Å²) in [6.45, 7) is 6.16. The lowest BCUT2D eigenvalue weighted by atomic mass is 9.72. The minimum Gasteiger partial charge on any atom is -0.480 e. The molecule has 4 heteroatoms. The van der Waals surface area contributed by atoms with Crippen molar-refractivity contribution in [1.82, 2.24) is 4.90 Å². The van der Waals surface area contributed by atoms with Crippen molar-refractivity contribution in [3.8, 4) is 0 Å². The lowest BCUT2D eigenvalue weighted by molar-refractivity contribution is -0.159. The first-order valence-corrected chi connectivity index (χ1v) is 6.57. The molecule has 2 atom stereocenters. The Balaban J connectivity index is 2.90. The number of aliphatic carboxylic acids is 1. The van der Waals surface area contributed by atoms with Gasteiger partial charge in [0.1, 0.15) is 5.54 Å². The zero-order chi connectivity index (χ0) is 12.9. The summed E-state index contributed by atoms with van der Waals surface area (Å²) in [5.41, 5.74) is -0.675. The minimum atomic E-state index is -0.675. The Hall–Kier alpha value is -0.610. The quantitative estimate of drug-likeness (QED) is 0.775. The van der Waals surface area contributed by atoms with Crippen LogP contribution in [0.1, 0.15) is 39.5 Å². The number of hydrogen-bond donors (Lipinski definition) is 1. The van der Waals surface area contributed by atoms with Crippen LogP contribution < -0.4 is 0 Å². The van der Waals surface area contributed by atoms with Crippen LogP contribution in [0.5, 0.6) is 0 Å². The van der Waals surface area contributed by atoms with Gasteiger partial charge >= 0.3 is 5.97 Å².